The third kappa shape index (κ3) is 21.9. The SMILES string of the molecule is CC(C)(C)c1ccnc(-c2[c-]ccc(-c3ccccc3)c2)c1.Cc1ccnc(-c2[c-]ccc3c2oc2c(C)cccc23)c1.[2H]C([2H])([2H])c1ccc(-c2[c-]ccc3c2oc2c(CC(C)C)cccc23)nc1.[2H]C([2H])([2H])c1ccc(-c2[c-]cccc2)nc1.[2H]C([2H])([2H])c1ccc(-c2[c-]cccc2)nc1.[2H]C([2H])([2H])c1ccc(-c2[c-]cccc2)nc1.[Ir].[Ir].[Ir]. The quantitative estimate of drug-likeness (QED) is 0.132. The van der Waals surface area contributed by atoms with E-state index in [1.54, 1.807) is 66.7 Å². The summed E-state index contributed by atoms with van der Waals surface area (Å²) in [5.41, 5.74) is 21.8. The standard InChI is InChI=1S/C22H20NO.C21H20N.C19H14NO.3C12H10N.3Ir/c1-14(2)12-16-6-4-7-17-18-8-5-9-19(22(18)24-21(16)17)20-11-10-15(3)13-23-20;1-21(2,3)19-12-13-22-20(15-19)18-11-7-10-17(14-18)16-8-5-4-6-9-16;1-12-9-10-20-17(11-12)16-8-4-7-15-14-6-3-5-13(2)18(14)21-19(15)16;3*1-10-7-8-12(13-9-10)11-5-3-2-4-6-11;;;/h4-8,10-11,13-14H,12H2,1-3H3;4-10,12-15H,1-3H3;3-7,9-11H,1-2H3;3*2-5,7-9H,1H3;;;/q6*-1;;;/i3D3;;;3*1D3;;;. The molecule has 0 fully saturated rings. The molecule has 8 aromatic heterocycles. The predicted octanol–water partition coefficient (Wildman–Crippen LogP) is 25.1. The maximum Gasteiger partial charge on any atom is 0.124 e. The summed E-state index contributed by atoms with van der Waals surface area (Å²) in [7, 11) is 0. The molecule has 0 atom stereocenters. The minimum Gasteiger partial charge on any atom is -0.500 e. The molecule has 9 aromatic carbocycles. The van der Waals surface area contributed by atoms with Gasteiger partial charge in [-0.2, -0.15) is 0 Å². The smallest absolute Gasteiger partial charge is 0.124 e. The second-order valence-electron chi connectivity index (χ2n) is 26.6. The van der Waals surface area contributed by atoms with E-state index in [9.17, 15) is 0 Å². The molecule has 3 radical (unpaired) electrons. The van der Waals surface area contributed by atoms with Gasteiger partial charge in [-0.15, -0.1) is 179 Å². The van der Waals surface area contributed by atoms with Crippen LogP contribution in [-0.2, 0) is 72.2 Å². The van der Waals surface area contributed by atoms with E-state index in [4.69, 9.17) is 25.3 Å². The van der Waals surface area contributed by atoms with Gasteiger partial charge in [-0.3, -0.25) is 0 Å². The maximum atomic E-state index is 7.50. The molecule has 8 nitrogen and oxygen atoms in total. The fourth-order valence-corrected chi connectivity index (χ4v) is 11.7. The minimum atomic E-state index is -2.16. The number of rotatable bonds is 9. The van der Waals surface area contributed by atoms with Gasteiger partial charge < -0.3 is 38.7 Å². The summed E-state index contributed by atoms with van der Waals surface area (Å²) in [6.45, 7) is 6.74. The molecule has 109 heavy (non-hydrogen) atoms. The van der Waals surface area contributed by atoms with Crippen LogP contribution in [0.25, 0.3) is 123 Å². The van der Waals surface area contributed by atoms with Crippen LogP contribution in [0.4, 0.5) is 0 Å². The summed E-state index contributed by atoms with van der Waals surface area (Å²) in [6, 6.07) is 99.7. The van der Waals surface area contributed by atoms with Crippen molar-refractivity contribution in [2.45, 2.75) is 87.7 Å². The molecular formula is C98H84Ir3N6O2-6. The van der Waals surface area contributed by atoms with Gasteiger partial charge in [0.05, 0.1) is 11.2 Å². The first-order chi connectivity index (χ1) is 56.3. The molecule has 0 aliphatic heterocycles. The number of nitrogens with zero attached hydrogens (tertiary/aromatic N) is 6. The number of benzene rings is 9. The van der Waals surface area contributed by atoms with E-state index in [0.29, 0.717) is 11.6 Å². The Morgan fingerprint density at radius 2 is 0.798 bits per heavy atom. The third-order valence-electron chi connectivity index (χ3n) is 17.1. The molecule has 8 heterocycles. The van der Waals surface area contributed by atoms with E-state index in [0.717, 1.165) is 118 Å². The summed E-state index contributed by atoms with van der Waals surface area (Å²) in [4.78, 5) is 25.7. The summed E-state index contributed by atoms with van der Waals surface area (Å²) in [5, 5.41) is 4.36. The number of pyridine rings is 6. The van der Waals surface area contributed by atoms with Gasteiger partial charge >= 0.3 is 0 Å². The summed E-state index contributed by atoms with van der Waals surface area (Å²) in [5.74, 6) is 0.531. The Labute approximate surface area is 699 Å². The zero-order valence-electron chi connectivity index (χ0n) is 73.0. The number of aromatic nitrogens is 6. The van der Waals surface area contributed by atoms with Crippen molar-refractivity contribution < 1.29 is 85.6 Å². The van der Waals surface area contributed by atoms with Crippen molar-refractivity contribution in [1.82, 2.24) is 29.9 Å². The van der Waals surface area contributed by atoms with Crippen LogP contribution in [0, 0.1) is 83.6 Å². The van der Waals surface area contributed by atoms with Gasteiger partial charge in [0, 0.05) is 125 Å². The number of hydrogen-bond acceptors (Lipinski definition) is 8. The molecule has 0 bridgehead atoms. The Balaban J connectivity index is 0.000000166. The number of aryl methyl sites for hydroxylation is 6. The van der Waals surface area contributed by atoms with Crippen LogP contribution in [0.15, 0.2) is 301 Å². The first-order valence-electron chi connectivity index (χ1n) is 40.8. The third-order valence-corrected chi connectivity index (χ3v) is 17.1. The molecule has 11 heteroatoms. The van der Waals surface area contributed by atoms with E-state index in [1.807, 2.05) is 103 Å². The summed E-state index contributed by atoms with van der Waals surface area (Å²) < 4.78 is 100. The van der Waals surface area contributed by atoms with Crippen molar-refractivity contribution in [1.29, 1.82) is 0 Å². The van der Waals surface area contributed by atoms with E-state index in [-0.39, 0.29) is 88.0 Å². The first-order valence-corrected chi connectivity index (χ1v) is 34.8. The van der Waals surface area contributed by atoms with Crippen LogP contribution < -0.4 is 0 Å². The van der Waals surface area contributed by atoms with Crippen LogP contribution in [0.5, 0.6) is 0 Å². The van der Waals surface area contributed by atoms with E-state index in [1.165, 1.54) is 52.6 Å². The molecule has 0 amide bonds. The van der Waals surface area contributed by atoms with Gasteiger partial charge in [0.25, 0.3) is 0 Å². The summed E-state index contributed by atoms with van der Waals surface area (Å²) >= 11 is 0. The van der Waals surface area contributed by atoms with Crippen LogP contribution >= 0.6 is 0 Å². The fourth-order valence-electron chi connectivity index (χ4n) is 11.7. The molecule has 0 saturated heterocycles. The largest absolute Gasteiger partial charge is 0.500 e. The van der Waals surface area contributed by atoms with Crippen molar-refractivity contribution in [3.63, 3.8) is 0 Å². The average molecular weight is 1970 g/mol. The van der Waals surface area contributed by atoms with Gasteiger partial charge in [-0.25, -0.2) is 0 Å². The second kappa shape index (κ2) is 39.5. The van der Waals surface area contributed by atoms with Crippen molar-refractivity contribution in [3.05, 3.63) is 373 Å². The number of para-hydroxylation sites is 2. The Morgan fingerprint density at radius 3 is 1.28 bits per heavy atom. The molecule has 17 aromatic rings. The van der Waals surface area contributed by atoms with Gasteiger partial charge in [0.1, 0.15) is 11.2 Å². The Bertz CT molecular complexity index is 5950. The molecule has 0 spiro atoms. The van der Waals surface area contributed by atoms with Crippen molar-refractivity contribution in [3.8, 4) is 78.7 Å². The molecule has 0 saturated carbocycles. The first kappa shape index (κ1) is 66.6. The molecule has 0 N–H and O–H groups in total. The molecule has 551 valence electrons. The second-order valence-corrected chi connectivity index (χ2v) is 26.6. The van der Waals surface area contributed by atoms with Gasteiger partial charge in [-0.1, -0.05) is 189 Å². The van der Waals surface area contributed by atoms with Gasteiger partial charge in [0.2, 0.25) is 0 Å². The minimum absolute atomic E-state index is 0. The van der Waals surface area contributed by atoms with Crippen molar-refractivity contribution in [2.24, 2.45) is 5.92 Å². The maximum absolute atomic E-state index is 7.50. The van der Waals surface area contributed by atoms with Gasteiger partial charge in [0.15, 0.2) is 0 Å². The topological polar surface area (TPSA) is 104 Å². The average Bonchev–Trinajstić information content (AvgIpc) is 1.61. The fraction of sp³-hybridized carbons (Fsp3) is 0.143. The molecular weight excluding hydrogens is 1870 g/mol. The zero-order chi connectivity index (χ0) is 83.9. The normalized spacial score (nSPS) is 12.7. The number of hydrogen-bond donors (Lipinski definition) is 0. The number of fused-ring (bicyclic) bond motifs is 6. The van der Waals surface area contributed by atoms with Crippen LogP contribution in [-0.4, -0.2) is 29.9 Å². The monoisotopic (exact) mass is 1970 g/mol. The van der Waals surface area contributed by atoms with E-state index < -0.39 is 27.4 Å². The summed E-state index contributed by atoms with van der Waals surface area (Å²) in [6.07, 6.45) is 10.2. The van der Waals surface area contributed by atoms with E-state index in [2.05, 4.69) is 212 Å². The Kier molecular flexibility index (Phi) is 24.1. The predicted molar refractivity (Wildman–Crippen MR) is 437 cm³/mol. The number of furan rings is 2. The Morgan fingerprint density at radius 1 is 0.349 bits per heavy atom. The van der Waals surface area contributed by atoms with Crippen LogP contribution in [0.1, 0.15) is 95.6 Å². The van der Waals surface area contributed by atoms with E-state index >= 15 is 0 Å². The van der Waals surface area contributed by atoms with Gasteiger partial charge in [-0.05, 0) is 150 Å². The van der Waals surface area contributed by atoms with Crippen LogP contribution in [0.2, 0.25) is 0 Å². The van der Waals surface area contributed by atoms with Crippen LogP contribution in [0.3, 0.4) is 0 Å². The Hall–Kier alpha value is -10.6. The van der Waals surface area contributed by atoms with Crippen molar-refractivity contribution >= 4 is 43.9 Å². The molecule has 0 aliphatic rings. The molecule has 0 unspecified atom stereocenters. The van der Waals surface area contributed by atoms with Crippen molar-refractivity contribution in [2.75, 3.05) is 0 Å². The zero-order valence-corrected chi connectivity index (χ0v) is 68.2. The molecule has 0 aliphatic carbocycles. The molecule has 17 rings (SSSR count).